The van der Waals surface area contributed by atoms with Gasteiger partial charge < -0.3 is 22.6 Å². The topological polar surface area (TPSA) is 12.5 Å². The number of halogens is 4. The van der Waals surface area contributed by atoms with Gasteiger partial charge in [0.25, 0.3) is 0 Å². The van der Waals surface area contributed by atoms with Gasteiger partial charge in [0.05, 0.1) is 5.75 Å². The Hall–Kier alpha value is 0.401. The van der Waals surface area contributed by atoms with E-state index in [1.165, 1.54) is 0 Å². The number of ether oxygens (including phenoxy) is 1. The monoisotopic (exact) mass is 289 g/mol. The van der Waals surface area contributed by atoms with E-state index in [4.69, 9.17) is 4.74 Å². The van der Waals surface area contributed by atoms with E-state index < -0.39 is 18.3 Å². The van der Waals surface area contributed by atoms with Gasteiger partial charge in [-0.1, -0.05) is 5.46 Å². The molecule has 0 aliphatic carbocycles. The summed E-state index contributed by atoms with van der Waals surface area (Å²) in [5.74, 6) is -1.24. The van der Waals surface area contributed by atoms with E-state index in [-0.39, 0.29) is 63.7 Å². The Bertz CT molecular complexity index is 387. The molecular weight excluding hydrogens is 276 g/mol. The van der Waals surface area contributed by atoms with Crippen LogP contribution in [0.25, 0.3) is 0 Å². The van der Waals surface area contributed by atoms with Crippen molar-refractivity contribution in [3.63, 3.8) is 0 Å². The molecule has 1 rings (SSSR count). The number of benzene rings is 1. The molecule has 0 heterocycles. The molecule has 0 amide bonds. The third kappa shape index (κ3) is 6.03. The largest absolute Gasteiger partial charge is 1.00 e. The second-order valence-electron chi connectivity index (χ2n) is 3.91. The van der Waals surface area contributed by atoms with Crippen LogP contribution in [-0.4, -0.2) is 39.1 Å². The molecule has 0 N–H and O–H groups in total. The van der Waals surface area contributed by atoms with E-state index >= 15 is 0 Å². The van der Waals surface area contributed by atoms with E-state index in [2.05, 4.69) is 0 Å². The van der Waals surface area contributed by atoms with Crippen LogP contribution in [0.2, 0.25) is 0 Å². The Kier molecular flexibility index (Phi) is 8.04. The van der Waals surface area contributed by atoms with Gasteiger partial charge in [0.2, 0.25) is 0 Å². The molecule has 0 unspecified atom stereocenters. The summed E-state index contributed by atoms with van der Waals surface area (Å²) >= 11 is 0. The fourth-order valence-electron chi connectivity index (χ4n) is 1.24. The van der Waals surface area contributed by atoms with Gasteiger partial charge in [0, 0.05) is 6.54 Å². The van der Waals surface area contributed by atoms with E-state index in [1.54, 1.807) is 19.0 Å². The fourth-order valence-corrected chi connectivity index (χ4v) is 1.24. The van der Waals surface area contributed by atoms with Crippen molar-refractivity contribution in [1.29, 1.82) is 0 Å². The van der Waals surface area contributed by atoms with E-state index in [0.29, 0.717) is 12.6 Å². The van der Waals surface area contributed by atoms with Crippen LogP contribution >= 0.6 is 0 Å². The summed E-state index contributed by atoms with van der Waals surface area (Å²) in [4.78, 5) is 1.78. The Labute approximate surface area is 146 Å². The molecule has 18 heavy (non-hydrogen) atoms. The first-order valence-corrected chi connectivity index (χ1v) is 5.07. The maximum atomic E-state index is 12.8. The Balaban J connectivity index is 0.00000289. The third-order valence-electron chi connectivity index (χ3n) is 2.12. The van der Waals surface area contributed by atoms with Gasteiger partial charge in [-0.3, -0.25) is 0 Å². The standard InChI is InChI=1S/C10H13BF4NO.K/c1-16(2)5-6-17-10-4-3-8(12)7-9(10)11(13,14)15;/h3-4,7H,5-6H2,1-2H3;/q-1;+1. The van der Waals surface area contributed by atoms with Crippen LogP contribution in [-0.2, 0) is 0 Å². The van der Waals surface area contributed by atoms with Crippen molar-refractivity contribution in [1.82, 2.24) is 4.90 Å². The zero-order valence-corrected chi connectivity index (χ0v) is 13.7. The average molecular weight is 289 g/mol. The zero-order valence-electron chi connectivity index (χ0n) is 10.6. The second-order valence-corrected chi connectivity index (χ2v) is 3.91. The number of hydrogen-bond acceptors (Lipinski definition) is 2. The minimum atomic E-state index is -5.27. The zero-order chi connectivity index (χ0) is 13.1. The predicted molar refractivity (Wildman–Crippen MR) is 59.2 cm³/mol. The van der Waals surface area contributed by atoms with E-state index in [1.807, 2.05) is 0 Å². The maximum absolute atomic E-state index is 12.8. The van der Waals surface area contributed by atoms with Gasteiger partial charge in [-0.25, -0.2) is 4.39 Å². The van der Waals surface area contributed by atoms with Crippen molar-refractivity contribution in [2.24, 2.45) is 0 Å². The maximum Gasteiger partial charge on any atom is 1.00 e. The minimum Gasteiger partial charge on any atom is -0.495 e. The molecule has 0 aliphatic heterocycles. The molecule has 0 aliphatic rings. The first-order valence-electron chi connectivity index (χ1n) is 5.07. The van der Waals surface area contributed by atoms with Crippen LogP contribution < -0.4 is 61.6 Å². The van der Waals surface area contributed by atoms with Gasteiger partial charge in [0.15, 0.2) is 0 Å². The summed E-state index contributed by atoms with van der Waals surface area (Å²) in [5.41, 5.74) is -1.02. The van der Waals surface area contributed by atoms with E-state index in [0.717, 1.165) is 12.1 Å². The van der Waals surface area contributed by atoms with Gasteiger partial charge in [-0.15, -0.1) is 0 Å². The molecule has 1 aromatic rings. The molecule has 96 valence electrons. The van der Waals surface area contributed by atoms with Crippen molar-refractivity contribution >= 4 is 12.4 Å². The molecule has 0 fully saturated rings. The minimum absolute atomic E-state index is 0. The second kappa shape index (κ2) is 7.86. The summed E-state index contributed by atoms with van der Waals surface area (Å²) in [5, 5.41) is 0. The van der Waals surface area contributed by atoms with Crippen molar-refractivity contribution < 1.29 is 73.5 Å². The first-order chi connectivity index (χ1) is 7.80. The predicted octanol–water partition coefficient (Wildman–Crippen LogP) is -1.18. The Morgan fingerprint density at radius 3 is 2.33 bits per heavy atom. The molecule has 0 radical (unpaired) electrons. The van der Waals surface area contributed by atoms with Crippen LogP contribution in [0.3, 0.4) is 0 Å². The molecule has 0 aromatic heterocycles. The Morgan fingerprint density at radius 2 is 1.83 bits per heavy atom. The molecule has 0 bridgehead atoms. The summed E-state index contributed by atoms with van der Waals surface area (Å²) in [6.07, 6.45) is 0. The van der Waals surface area contributed by atoms with Crippen LogP contribution in [0.1, 0.15) is 0 Å². The molecule has 0 saturated carbocycles. The SMILES string of the molecule is CN(C)CCOc1ccc(F)cc1[B-](F)(F)F.[K+]. The normalized spacial score (nSPS) is 11.3. The summed E-state index contributed by atoms with van der Waals surface area (Å²) in [6.45, 7) is -4.66. The van der Waals surface area contributed by atoms with Crippen LogP contribution in [0.15, 0.2) is 18.2 Å². The molecule has 0 atom stereocenters. The molecular formula is C10H13BF4KNO. The molecule has 1 aromatic carbocycles. The van der Waals surface area contributed by atoms with Crippen molar-refractivity contribution in [2.75, 3.05) is 27.2 Å². The van der Waals surface area contributed by atoms with Gasteiger partial charge in [-0.05, 0) is 32.3 Å². The number of nitrogens with zero attached hydrogens (tertiary/aromatic N) is 1. The summed E-state index contributed by atoms with van der Waals surface area (Å²) < 4.78 is 55.6. The number of rotatable bonds is 5. The summed E-state index contributed by atoms with van der Waals surface area (Å²) in [7, 11) is 3.56. The smallest absolute Gasteiger partial charge is 0.495 e. The van der Waals surface area contributed by atoms with E-state index in [9.17, 15) is 17.3 Å². The number of likely N-dealkylation sites (N-methyl/N-ethyl adjacent to an activating group) is 1. The molecule has 8 heteroatoms. The van der Waals surface area contributed by atoms with Crippen molar-refractivity contribution in [3.05, 3.63) is 24.0 Å². The molecule has 2 nitrogen and oxygen atoms in total. The van der Waals surface area contributed by atoms with Crippen LogP contribution in [0.4, 0.5) is 17.3 Å². The molecule has 0 saturated heterocycles. The average Bonchev–Trinajstić information content (AvgIpc) is 2.18. The van der Waals surface area contributed by atoms with Crippen molar-refractivity contribution in [3.8, 4) is 5.75 Å². The summed E-state index contributed by atoms with van der Waals surface area (Å²) in [6, 6.07) is 2.43. The van der Waals surface area contributed by atoms with Crippen LogP contribution in [0, 0.1) is 5.82 Å². The van der Waals surface area contributed by atoms with Gasteiger partial charge >= 0.3 is 58.4 Å². The Morgan fingerprint density at radius 1 is 1.22 bits per heavy atom. The van der Waals surface area contributed by atoms with Crippen molar-refractivity contribution in [2.45, 2.75) is 0 Å². The number of hydrogen-bond donors (Lipinski definition) is 0. The van der Waals surface area contributed by atoms with Crippen LogP contribution in [0.5, 0.6) is 5.75 Å². The quantitative estimate of drug-likeness (QED) is 0.500. The van der Waals surface area contributed by atoms with Gasteiger partial charge in [0.1, 0.15) is 12.4 Å². The fraction of sp³-hybridized carbons (Fsp3) is 0.400. The third-order valence-corrected chi connectivity index (χ3v) is 2.12. The first kappa shape index (κ1) is 18.4. The van der Waals surface area contributed by atoms with Gasteiger partial charge in [-0.2, -0.15) is 0 Å². The molecule has 0 spiro atoms.